The van der Waals surface area contributed by atoms with Crippen LogP contribution in [0.15, 0.2) is 50.2 Å². The highest BCUT2D eigenvalue weighted by Crippen LogP contribution is 2.37. The number of phenolic OH excluding ortho intramolecular Hbond substituents is 1. The second kappa shape index (κ2) is 7.61. The smallest absolute Gasteiger partial charge is 0.266 e. The van der Waals surface area contributed by atoms with Crippen LogP contribution in [0.2, 0.25) is 0 Å². The van der Waals surface area contributed by atoms with E-state index in [0.717, 1.165) is 11.1 Å². The highest BCUT2D eigenvalue weighted by molar-refractivity contribution is 9.11. The summed E-state index contributed by atoms with van der Waals surface area (Å²) in [6, 6.07) is 11.6. The molecule has 2 aromatic carbocycles. The van der Waals surface area contributed by atoms with Crippen LogP contribution in [0, 0.1) is 6.92 Å². The Morgan fingerprint density at radius 3 is 2.40 bits per heavy atom. The first-order chi connectivity index (χ1) is 11.8. The summed E-state index contributed by atoms with van der Waals surface area (Å²) in [5, 5.41) is 9.80. The third-order valence-corrected chi connectivity index (χ3v) is 6.26. The Morgan fingerprint density at radius 2 is 1.80 bits per heavy atom. The van der Waals surface area contributed by atoms with E-state index in [2.05, 4.69) is 31.9 Å². The molecular weight excluding hydrogens is 486 g/mol. The van der Waals surface area contributed by atoms with Crippen molar-refractivity contribution in [3.63, 3.8) is 0 Å². The fraction of sp³-hybridized carbons (Fsp3) is 0.111. The Balaban J connectivity index is 1.84. The van der Waals surface area contributed by atoms with E-state index in [1.54, 1.807) is 23.1 Å². The summed E-state index contributed by atoms with van der Waals surface area (Å²) in [6.45, 7) is 2.49. The standard InChI is InChI=1S/C18H13Br2NO2S2/c1-10-2-4-11(5-3-10)9-21-17(23)15(25-18(21)24)8-12-6-13(19)16(22)14(20)7-12/h2-8,22H,9H2,1H3/b15-8-. The van der Waals surface area contributed by atoms with Gasteiger partial charge in [-0.2, -0.15) is 0 Å². The molecule has 0 aromatic heterocycles. The van der Waals surface area contributed by atoms with Gasteiger partial charge >= 0.3 is 0 Å². The first kappa shape index (κ1) is 18.6. The normalized spacial score (nSPS) is 16.1. The molecule has 0 aliphatic carbocycles. The number of thioether (sulfide) groups is 1. The molecule has 25 heavy (non-hydrogen) atoms. The van der Waals surface area contributed by atoms with Gasteiger partial charge in [0.05, 0.1) is 20.4 Å². The summed E-state index contributed by atoms with van der Waals surface area (Å²) in [7, 11) is 0. The van der Waals surface area contributed by atoms with Crippen molar-refractivity contribution in [3.8, 4) is 5.75 Å². The number of halogens is 2. The zero-order valence-electron chi connectivity index (χ0n) is 13.1. The molecule has 1 amide bonds. The van der Waals surface area contributed by atoms with Gasteiger partial charge in [0.1, 0.15) is 10.1 Å². The number of nitrogens with zero attached hydrogens (tertiary/aromatic N) is 1. The molecule has 3 nitrogen and oxygen atoms in total. The van der Waals surface area contributed by atoms with Gasteiger partial charge in [-0.15, -0.1) is 0 Å². The summed E-state index contributed by atoms with van der Waals surface area (Å²) < 4.78 is 1.67. The number of amides is 1. The summed E-state index contributed by atoms with van der Waals surface area (Å²) >= 11 is 13.3. The topological polar surface area (TPSA) is 40.5 Å². The Hall–Kier alpha value is -1.15. The van der Waals surface area contributed by atoms with Gasteiger partial charge in [-0.25, -0.2) is 0 Å². The van der Waals surface area contributed by atoms with Gasteiger partial charge < -0.3 is 5.11 Å². The molecule has 1 N–H and O–H groups in total. The Kier molecular flexibility index (Phi) is 5.68. The van der Waals surface area contributed by atoms with E-state index < -0.39 is 0 Å². The zero-order valence-corrected chi connectivity index (χ0v) is 17.9. The van der Waals surface area contributed by atoms with Gasteiger partial charge in [0.15, 0.2) is 0 Å². The SMILES string of the molecule is Cc1ccc(CN2C(=O)/C(=C/c3cc(Br)c(O)c(Br)c3)SC2=S)cc1. The van der Waals surface area contributed by atoms with Crippen molar-refractivity contribution in [1.82, 2.24) is 4.90 Å². The van der Waals surface area contributed by atoms with Gasteiger partial charge in [-0.3, -0.25) is 9.69 Å². The van der Waals surface area contributed by atoms with Crippen molar-refractivity contribution in [2.75, 3.05) is 0 Å². The average Bonchev–Trinajstić information content (AvgIpc) is 2.82. The molecule has 1 saturated heterocycles. The molecule has 1 fully saturated rings. The Bertz CT molecular complexity index is 871. The van der Waals surface area contributed by atoms with E-state index >= 15 is 0 Å². The van der Waals surface area contributed by atoms with Crippen LogP contribution in [0.4, 0.5) is 0 Å². The van der Waals surface area contributed by atoms with E-state index in [4.69, 9.17) is 12.2 Å². The Morgan fingerprint density at radius 1 is 1.20 bits per heavy atom. The van der Waals surface area contributed by atoms with Crippen LogP contribution in [-0.2, 0) is 11.3 Å². The molecule has 0 spiro atoms. The molecule has 0 atom stereocenters. The van der Waals surface area contributed by atoms with Gasteiger partial charge in [0, 0.05) is 0 Å². The number of aryl methyl sites for hydroxylation is 1. The average molecular weight is 499 g/mol. The minimum atomic E-state index is -0.101. The number of carbonyl (C=O) groups excluding carboxylic acids is 1. The van der Waals surface area contributed by atoms with E-state index in [-0.39, 0.29) is 11.7 Å². The first-order valence-corrected chi connectivity index (χ1v) is 10.1. The predicted molar refractivity (Wildman–Crippen MR) is 113 cm³/mol. The quantitative estimate of drug-likeness (QED) is 0.440. The van der Waals surface area contributed by atoms with E-state index in [0.29, 0.717) is 24.7 Å². The molecule has 1 aliphatic heterocycles. The second-order valence-corrected chi connectivity index (χ2v) is 8.97. The summed E-state index contributed by atoms with van der Waals surface area (Å²) in [5.74, 6) is 0.0277. The Labute approximate surface area is 172 Å². The zero-order chi connectivity index (χ0) is 18.1. The molecule has 3 rings (SSSR count). The molecule has 7 heteroatoms. The number of aromatic hydroxyl groups is 1. The molecule has 0 radical (unpaired) electrons. The van der Waals surface area contributed by atoms with Crippen molar-refractivity contribution in [2.24, 2.45) is 0 Å². The van der Waals surface area contributed by atoms with Crippen LogP contribution < -0.4 is 0 Å². The summed E-state index contributed by atoms with van der Waals surface area (Å²) in [4.78, 5) is 14.9. The van der Waals surface area contributed by atoms with Crippen molar-refractivity contribution in [1.29, 1.82) is 0 Å². The number of phenols is 1. The largest absolute Gasteiger partial charge is 0.506 e. The van der Waals surface area contributed by atoms with Gasteiger partial charge in [0.2, 0.25) is 0 Å². The maximum Gasteiger partial charge on any atom is 0.266 e. The lowest BCUT2D eigenvalue weighted by atomic mass is 10.1. The van der Waals surface area contributed by atoms with Crippen LogP contribution in [-0.4, -0.2) is 20.2 Å². The molecule has 0 saturated carbocycles. The summed E-state index contributed by atoms with van der Waals surface area (Å²) in [6.07, 6.45) is 1.78. The first-order valence-electron chi connectivity index (χ1n) is 7.34. The van der Waals surface area contributed by atoms with Crippen LogP contribution in [0.5, 0.6) is 5.75 Å². The number of rotatable bonds is 3. The van der Waals surface area contributed by atoms with Crippen LogP contribution in [0.25, 0.3) is 6.08 Å². The molecule has 1 aliphatic rings. The van der Waals surface area contributed by atoms with E-state index in [1.165, 1.54) is 17.3 Å². The predicted octanol–water partition coefficient (Wildman–Crippen LogP) is 5.63. The second-order valence-electron chi connectivity index (χ2n) is 5.59. The van der Waals surface area contributed by atoms with Crippen molar-refractivity contribution >= 4 is 72.1 Å². The lowest BCUT2D eigenvalue weighted by Gasteiger charge is -2.14. The van der Waals surface area contributed by atoms with Crippen LogP contribution in [0.1, 0.15) is 16.7 Å². The van der Waals surface area contributed by atoms with Crippen LogP contribution in [0.3, 0.4) is 0 Å². The minimum Gasteiger partial charge on any atom is -0.506 e. The van der Waals surface area contributed by atoms with Crippen molar-refractivity contribution in [2.45, 2.75) is 13.5 Å². The molecule has 0 unspecified atom stereocenters. The molecule has 1 heterocycles. The number of hydrogen-bond acceptors (Lipinski definition) is 4. The van der Waals surface area contributed by atoms with Gasteiger partial charge in [-0.05, 0) is 68.1 Å². The van der Waals surface area contributed by atoms with Gasteiger partial charge in [0.25, 0.3) is 5.91 Å². The highest BCUT2D eigenvalue weighted by atomic mass is 79.9. The lowest BCUT2D eigenvalue weighted by Crippen LogP contribution is -2.27. The molecule has 2 aromatic rings. The third-order valence-electron chi connectivity index (χ3n) is 3.67. The van der Waals surface area contributed by atoms with Crippen LogP contribution >= 0.6 is 55.8 Å². The van der Waals surface area contributed by atoms with Gasteiger partial charge in [-0.1, -0.05) is 53.8 Å². The van der Waals surface area contributed by atoms with E-state index in [1.807, 2.05) is 31.2 Å². The number of carbonyl (C=O) groups is 1. The summed E-state index contributed by atoms with van der Waals surface area (Å²) in [5.41, 5.74) is 3.02. The number of benzene rings is 2. The maximum atomic E-state index is 12.7. The third kappa shape index (κ3) is 4.16. The van der Waals surface area contributed by atoms with Crippen molar-refractivity contribution in [3.05, 3.63) is 66.9 Å². The fourth-order valence-electron chi connectivity index (χ4n) is 2.33. The molecule has 128 valence electrons. The number of hydrogen-bond donors (Lipinski definition) is 1. The molecular formula is C18H13Br2NO2S2. The van der Waals surface area contributed by atoms with Crippen molar-refractivity contribution < 1.29 is 9.90 Å². The lowest BCUT2D eigenvalue weighted by molar-refractivity contribution is -0.122. The number of thiocarbonyl (C=S) groups is 1. The fourth-order valence-corrected chi connectivity index (χ4v) is 4.81. The minimum absolute atomic E-state index is 0.101. The maximum absolute atomic E-state index is 12.7. The highest BCUT2D eigenvalue weighted by Gasteiger charge is 2.32. The van der Waals surface area contributed by atoms with E-state index in [9.17, 15) is 9.90 Å². The monoisotopic (exact) mass is 497 g/mol. The molecule has 0 bridgehead atoms.